The molecule has 0 heterocycles. The second kappa shape index (κ2) is 6.82. The molecule has 0 aliphatic carbocycles. The molecule has 20 heavy (non-hydrogen) atoms. The lowest BCUT2D eigenvalue weighted by molar-refractivity contribution is 0.426. The maximum atomic E-state index is 9.13. The van der Waals surface area contributed by atoms with Gasteiger partial charge in [-0.1, -0.05) is 23.2 Å². The fourth-order valence-electron chi connectivity index (χ4n) is 1.28. The summed E-state index contributed by atoms with van der Waals surface area (Å²) in [6.45, 7) is 0. The van der Waals surface area contributed by atoms with Crippen LogP contribution in [0.1, 0.15) is 0 Å². The van der Waals surface area contributed by atoms with E-state index in [1.807, 2.05) is 0 Å². The Hall–Kier alpha value is -2.21. The lowest BCUT2D eigenvalue weighted by Gasteiger charge is -2.11. The average Bonchev–Trinajstić information content (AvgIpc) is 2.40. The van der Waals surface area contributed by atoms with Gasteiger partial charge in [0.1, 0.15) is 23.9 Å². The summed E-state index contributed by atoms with van der Waals surface area (Å²) >= 11 is 11.7. The van der Waals surface area contributed by atoms with E-state index >= 15 is 0 Å². The second-order valence-electron chi connectivity index (χ2n) is 3.44. The number of allylic oxidation sites excluding steroid dienone is 2. The highest BCUT2D eigenvalue weighted by Gasteiger charge is 2.18. The smallest absolute Gasteiger partial charge is 0.423 e. The van der Waals surface area contributed by atoms with Gasteiger partial charge in [0.2, 0.25) is 0 Å². The van der Waals surface area contributed by atoms with Crippen LogP contribution < -0.4 is 10.8 Å². The van der Waals surface area contributed by atoms with Crippen LogP contribution in [0.5, 0.6) is 0 Å². The average molecular weight is 307 g/mol. The molecule has 9 heteroatoms. The number of anilines is 1. The first-order chi connectivity index (χ1) is 9.44. The molecular weight excluding hydrogens is 302 g/mol. The van der Waals surface area contributed by atoms with Crippen LogP contribution in [-0.4, -0.2) is 17.2 Å². The van der Waals surface area contributed by atoms with E-state index in [1.54, 1.807) is 18.2 Å². The number of benzene rings is 1. The van der Waals surface area contributed by atoms with Crippen LogP contribution in [0.3, 0.4) is 0 Å². The molecule has 0 atom stereocenters. The van der Waals surface area contributed by atoms with Gasteiger partial charge in [0.05, 0.1) is 10.7 Å². The zero-order chi connectivity index (χ0) is 15.3. The van der Waals surface area contributed by atoms with Crippen LogP contribution in [0.25, 0.3) is 0 Å². The van der Waals surface area contributed by atoms with Gasteiger partial charge in [-0.25, -0.2) is 0 Å². The standard InChI is InChI=1S/C11H5BCl2N4O2/c13-8-2-9(14)10(1-7(8)12(19)20)18-11(5-17)6(3-15)4-16/h1-2,18-20H. The number of halogens is 2. The van der Waals surface area contributed by atoms with Gasteiger partial charge in [0.25, 0.3) is 0 Å². The molecule has 0 saturated heterocycles. The third kappa shape index (κ3) is 3.42. The molecule has 0 radical (unpaired) electrons. The second-order valence-corrected chi connectivity index (χ2v) is 4.25. The molecule has 98 valence electrons. The van der Waals surface area contributed by atoms with Crippen LogP contribution in [0.2, 0.25) is 10.0 Å². The molecule has 0 aliphatic rings. The van der Waals surface area contributed by atoms with E-state index in [0.717, 1.165) is 0 Å². The third-order valence-corrected chi connectivity index (χ3v) is 2.85. The third-order valence-electron chi connectivity index (χ3n) is 2.21. The molecule has 1 aromatic rings. The first-order valence-electron chi connectivity index (χ1n) is 5.01. The highest BCUT2D eigenvalue weighted by molar-refractivity contribution is 6.63. The number of hydrogen-bond acceptors (Lipinski definition) is 6. The molecular formula is C11H5BCl2N4O2. The van der Waals surface area contributed by atoms with Crippen molar-refractivity contribution in [3.63, 3.8) is 0 Å². The fraction of sp³-hybridized carbons (Fsp3) is 0. The van der Waals surface area contributed by atoms with Gasteiger partial charge in [-0.3, -0.25) is 0 Å². The maximum Gasteiger partial charge on any atom is 0.490 e. The number of nitrogens with zero attached hydrogens (tertiary/aromatic N) is 3. The maximum absolute atomic E-state index is 9.13. The van der Waals surface area contributed by atoms with Gasteiger partial charge in [-0.15, -0.1) is 0 Å². The van der Waals surface area contributed by atoms with Gasteiger partial charge in [-0.2, -0.15) is 15.8 Å². The molecule has 1 aromatic carbocycles. The molecule has 0 bridgehead atoms. The zero-order valence-corrected chi connectivity index (χ0v) is 11.2. The monoisotopic (exact) mass is 306 g/mol. The summed E-state index contributed by atoms with van der Waals surface area (Å²) in [5.41, 5.74) is -0.660. The van der Waals surface area contributed by atoms with Gasteiger partial charge in [0.15, 0.2) is 5.57 Å². The Bertz CT molecular complexity index is 682. The summed E-state index contributed by atoms with van der Waals surface area (Å²) in [6, 6.07) is 7.21. The van der Waals surface area contributed by atoms with E-state index in [-0.39, 0.29) is 26.9 Å². The van der Waals surface area contributed by atoms with E-state index in [4.69, 9.17) is 49.0 Å². The molecule has 0 aliphatic heterocycles. The van der Waals surface area contributed by atoms with Crippen molar-refractivity contribution >= 4 is 41.5 Å². The van der Waals surface area contributed by atoms with Crippen molar-refractivity contribution in [1.29, 1.82) is 15.8 Å². The minimum absolute atomic E-state index is 0.0267. The highest BCUT2D eigenvalue weighted by Crippen LogP contribution is 2.26. The number of hydrogen-bond donors (Lipinski definition) is 3. The molecule has 0 unspecified atom stereocenters. The minimum Gasteiger partial charge on any atom is -0.423 e. The van der Waals surface area contributed by atoms with Crippen molar-refractivity contribution in [2.75, 3.05) is 5.32 Å². The lowest BCUT2D eigenvalue weighted by Crippen LogP contribution is -2.31. The first-order valence-corrected chi connectivity index (χ1v) is 5.76. The lowest BCUT2D eigenvalue weighted by atomic mass is 9.80. The first kappa shape index (κ1) is 15.9. The topological polar surface area (TPSA) is 124 Å². The molecule has 0 aromatic heterocycles. The van der Waals surface area contributed by atoms with Crippen LogP contribution in [0, 0.1) is 34.0 Å². The van der Waals surface area contributed by atoms with Gasteiger partial charge in [-0.05, 0) is 12.1 Å². The largest absolute Gasteiger partial charge is 0.490 e. The van der Waals surface area contributed by atoms with E-state index in [0.29, 0.717) is 0 Å². The van der Waals surface area contributed by atoms with Crippen molar-refractivity contribution < 1.29 is 10.0 Å². The normalized spacial score (nSPS) is 8.85. The van der Waals surface area contributed by atoms with Crippen LogP contribution in [0.15, 0.2) is 23.4 Å². The predicted molar refractivity (Wildman–Crippen MR) is 73.8 cm³/mol. The Kier molecular flexibility index (Phi) is 5.40. The number of nitriles is 3. The summed E-state index contributed by atoms with van der Waals surface area (Å²) < 4.78 is 0. The van der Waals surface area contributed by atoms with Crippen molar-refractivity contribution in [3.8, 4) is 18.2 Å². The highest BCUT2D eigenvalue weighted by atomic mass is 35.5. The van der Waals surface area contributed by atoms with Crippen molar-refractivity contribution in [2.45, 2.75) is 0 Å². The van der Waals surface area contributed by atoms with E-state index < -0.39 is 12.7 Å². The van der Waals surface area contributed by atoms with Crippen molar-refractivity contribution in [2.24, 2.45) is 0 Å². The molecule has 0 amide bonds. The Labute approximate surface area is 124 Å². The number of nitrogens with one attached hydrogen (secondary N) is 1. The van der Waals surface area contributed by atoms with Crippen molar-refractivity contribution in [1.82, 2.24) is 0 Å². The van der Waals surface area contributed by atoms with E-state index in [1.165, 1.54) is 12.1 Å². The van der Waals surface area contributed by atoms with Gasteiger partial charge >= 0.3 is 7.12 Å². The Balaban J connectivity index is 3.34. The Morgan fingerprint density at radius 3 is 2.10 bits per heavy atom. The summed E-state index contributed by atoms with van der Waals surface area (Å²) in [5, 5.41) is 47.2. The SMILES string of the molecule is N#CC(C#N)=C(C#N)Nc1cc(B(O)O)c(Cl)cc1Cl. The predicted octanol–water partition coefficient (Wildman–Crippen LogP) is 0.910. The van der Waals surface area contributed by atoms with E-state index in [2.05, 4.69) is 5.32 Å². The molecule has 0 fully saturated rings. The van der Waals surface area contributed by atoms with Crippen molar-refractivity contribution in [3.05, 3.63) is 33.4 Å². The molecule has 3 N–H and O–H groups in total. The summed E-state index contributed by atoms with van der Waals surface area (Å²) in [5.74, 6) is 0. The molecule has 6 nitrogen and oxygen atoms in total. The summed E-state index contributed by atoms with van der Waals surface area (Å²) in [4.78, 5) is 0. The van der Waals surface area contributed by atoms with Crippen LogP contribution in [0.4, 0.5) is 5.69 Å². The summed E-state index contributed by atoms with van der Waals surface area (Å²) in [6.07, 6.45) is 0. The molecule has 0 spiro atoms. The molecule has 1 rings (SSSR count). The van der Waals surface area contributed by atoms with Crippen LogP contribution in [-0.2, 0) is 0 Å². The zero-order valence-electron chi connectivity index (χ0n) is 9.72. The molecule has 0 saturated carbocycles. The number of rotatable bonds is 3. The quantitative estimate of drug-likeness (QED) is 0.563. The Morgan fingerprint density at radius 2 is 1.65 bits per heavy atom. The van der Waals surface area contributed by atoms with Crippen LogP contribution >= 0.6 is 23.2 Å². The summed E-state index contributed by atoms with van der Waals surface area (Å²) in [7, 11) is -1.83. The Morgan fingerprint density at radius 1 is 1.05 bits per heavy atom. The fourth-order valence-corrected chi connectivity index (χ4v) is 1.81. The van der Waals surface area contributed by atoms with Gasteiger partial charge in [0, 0.05) is 10.5 Å². The van der Waals surface area contributed by atoms with E-state index in [9.17, 15) is 0 Å². The minimum atomic E-state index is -1.83. The van der Waals surface area contributed by atoms with Gasteiger partial charge < -0.3 is 15.4 Å².